The number of hydrogen-bond acceptors (Lipinski definition) is 7. The van der Waals surface area contributed by atoms with Crippen molar-refractivity contribution in [3.05, 3.63) is 59.3 Å². The molecule has 2 aromatic carbocycles. The van der Waals surface area contributed by atoms with Crippen LogP contribution in [0.1, 0.15) is 49.5 Å². The van der Waals surface area contributed by atoms with E-state index in [-0.39, 0.29) is 12.5 Å². The maximum Gasteiger partial charge on any atom is 0.337 e. The predicted octanol–water partition coefficient (Wildman–Crippen LogP) is 3.55. The Morgan fingerprint density at radius 2 is 1.83 bits per heavy atom. The minimum absolute atomic E-state index is 0.133. The van der Waals surface area contributed by atoms with Crippen molar-refractivity contribution in [3.8, 4) is 0 Å². The Morgan fingerprint density at radius 3 is 2.37 bits per heavy atom. The van der Waals surface area contributed by atoms with Crippen LogP contribution in [0.3, 0.4) is 0 Å². The molecule has 0 atom stereocenters. The Kier molecular flexibility index (Phi) is 7.56. The number of nitrogens with one attached hydrogen (secondary N) is 2. The van der Waals surface area contributed by atoms with Crippen molar-refractivity contribution in [1.29, 1.82) is 0 Å². The standard InChI is InChI=1S/C25H32N4O5S/c1-6-7-20(22-19-13-8-16(24(31)34-4)14-21(19)28-23(22)30)27-17-9-11-18(12-10-17)29(35(5,32)33)15-25(2,3)26/h8-14,27H,6-7,15,26H2,1-5H3,(H,28,30). The van der Waals surface area contributed by atoms with E-state index < -0.39 is 21.5 Å². The van der Waals surface area contributed by atoms with E-state index in [0.29, 0.717) is 40.2 Å². The van der Waals surface area contributed by atoms with E-state index >= 15 is 0 Å². The summed E-state index contributed by atoms with van der Waals surface area (Å²) >= 11 is 0. The van der Waals surface area contributed by atoms with E-state index in [1.54, 1.807) is 56.3 Å². The van der Waals surface area contributed by atoms with Crippen LogP contribution in [0, 0.1) is 0 Å². The van der Waals surface area contributed by atoms with Crippen molar-refractivity contribution < 1.29 is 22.7 Å². The number of benzene rings is 2. The first-order valence-electron chi connectivity index (χ1n) is 11.2. The third kappa shape index (κ3) is 6.20. The Labute approximate surface area is 206 Å². The normalized spacial score (nSPS) is 14.7. The highest BCUT2D eigenvalue weighted by atomic mass is 32.2. The molecule has 10 heteroatoms. The van der Waals surface area contributed by atoms with Gasteiger partial charge in [-0.15, -0.1) is 0 Å². The number of carbonyl (C=O) groups excluding carboxylic acids is 2. The summed E-state index contributed by atoms with van der Waals surface area (Å²) in [6, 6.07) is 11.9. The first-order chi connectivity index (χ1) is 16.3. The summed E-state index contributed by atoms with van der Waals surface area (Å²) in [6.45, 7) is 5.68. The second-order valence-corrected chi connectivity index (χ2v) is 11.1. The molecule has 0 saturated carbocycles. The van der Waals surface area contributed by atoms with Gasteiger partial charge < -0.3 is 21.1 Å². The lowest BCUT2D eigenvalue weighted by Gasteiger charge is -2.30. The third-order valence-electron chi connectivity index (χ3n) is 5.39. The van der Waals surface area contributed by atoms with Crippen LogP contribution in [0.2, 0.25) is 0 Å². The van der Waals surface area contributed by atoms with Gasteiger partial charge in [-0.2, -0.15) is 0 Å². The van der Waals surface area contributed by atoms with Gasteiger partial charge in [0.1, 0.15) is 0 Å². The second kappa shape index (κ2) is 10.1. The van der Waals surface area contributed by atoms with Crippen molar-refractivity contribution in [1.82, 2.24) is 0 Å². The third-order valence-corrected chi connectivity index (χ3v) is 6.53. The van der Waals surface area contributed by atoms with E-state index in [1.165, 1.54) is 11.4 Å². The molecular weight excluding hydrogens is 468 g/mol. The van der Waals surface area contributed by atoms with Crippen molar-refractivity contribution in [2.24, 2.45) is 5.73 Å². The number of ether oxygens (including phenoxy) is 1. The number of rotatable bonds is 9. The van der Waals surface area contributed by atoms with Gasteiger partial charge in [0.05, 0.1) is 42.4 Å². The lowest BCUT2D eigenvalue weighted by Crippen LogP contribution is -2.47. The SMILES string of the molecule is CCCC(Nc1ccc(N(CC(C)(C)N)S(C)(=O)=O)cc1)=C1C(=O)Nc2cc(C(=O)OC)ccc21. The summed E-state index contributed by atoms with van der Waals surface area (Å²) in [6.07, 6.45) is 2.55. The average molecular weight is 501 g/mol. The molecular formula is C25H32N4O5S. The van der Waals surface area contributed by atoms with Gasteiger partial charge in [-0.1, -0.05) is 19.4 Å². The minimum atomic E-state index is -3.52. The van der Waals surface area contributed by atoms with Crippen LogP contribution in [0.15, 0.2) is 48.2 Å². The van der Waals surface area contributed by atoms with Gasteiger partial charge in [-0.3, -0.25) is 9.10 Å². The summed E-state index contributed by atoms with van der Waals surface area (Å²) < 4.78 is 30.7. The Bertz CT molecular complexity index is 1260. The minimum Gasteiger partial charge on any atom is -0.465 e. The molecule has 9 nitrogen and oxygen atoms in total. The summed E-state index contributed by atoms with van der Waals surface area (Å²) in [5.74, 6) is -0.740. The fourth-order valence-corrected chi connectivity index (χ4v) is 4.94. The lowest BCUT2D eigenvalue weighted by atomic mass is 10.0. The number of fused-ring (bicyclic) bond motifs is 1. The fraction of sp³-hybridized carbons (Fsp3) is 0.360. The zero-order valence-corrected chi connectivity index (χ0v) is 21.5. The molecule has 0 unspecified atom stereocenters. The van der Waals surface area contributed by atoms with Gasteiger partial charge in [-0.25, -0.2) is 13.2 Å². The molecule has 1 amide bonds. The summed E-state index contributed by atoms with van der Waals surface area (Å²) in [4.78, 5) is 24.7. The topological polar surface area (TPSA) is 131 Å². The molecule has 0 bridgehead atoms. The molecule has 1 aliphatic heterocycles. The summed E-state index contributed by atoms with van der Waals surface area (Å²) in [5.41, 5.74) is 9.39. The van der Waals surface area contributed by atoms with E-state index in [1.807, 2.05) is 6.92 Å². The van der Waals surface area contributed by atoms with Gasteiger partial charge in [0.25, 0.3) is 5.91 Å². The molecule has 0 saturated heterocycles. The van der Waals surface area contributed by atoms with Crippen molar-refractivity contribution in [2.45, 2.75) is 39.2 Å². The number of methoxy groups -OCH3 is 1. The van der Waals surface area contributed by atoms with Crippen LogP contribution in [0.4, 0.5) is 17.1 Å². The number of anilines is 3. The van der Waals surface area contributed by atoms with Crippen molar-refractivity contribution in [3.63, 3.8) is 0 Å². The first-order valence-corrected chi connectivity index (χ1v) is 13.1. The number of hydrogen-bond donors (Lipinski definition) is 3. The largest absolute Gasteiger partial charge is 0.465 e. The molecule has 2 aromatic rings. The summed E-state index contributed by atoms with van der Waals surface area (Å²) in [7, 11) is -2.22. The van der Waals surface area contributed by atoms with Crippen LogP contribution < -0.4 is 20.7 Å². The molecule has 1 heterocycles. The fourth-order valence-electron chi connectivity index (χ4n) is 3.87. The molecule has 0 aliphatic carbocycles. The predicted molar refractivity (Wildman–Crippen MR) is 139 cm³/mol. The highest BCUT2D eigenvalue weighted by Crippen LogP contribution is 2.36. The molecule has 35 heavy (non-hydrogen) atoms. The molecule has 0 spiro atoms. The number of carbonyl (C=O) groups is 2. The molecule has 0 aromatic heterocycles. The smallest absolute Gasteiger partial charge is 0.337 e. The Morgan fingerprint density at radius 1 is 1.17 bits per heavy atom. The maximum absolute atomic E-state index is 12.9. The summed E-state index contributed by atoms with van der Waals surface area (Å²) in [5, 5.41) is 6.15. The van der Waals surface area contributed by atoms with E-state index in [0.717, 1.165) is 18.4 Å². The first kappa shape index (κ1) is 26.2. The average Bonchev–Trinajstić information content (AvgIpc) is 3.10. The number of amides is 1. The molecule has 3 rings (SSSR count). The van der Waals surface area contributed by atoms with Crippen LogP contribution in [-0.4, -0.2) is 45.7 Å². The van der Waals surface area contributed by atoms with Crippen LogP contribution in [0.5, 0.6) is 0 Å². The lowest BCUT2D eigenvalue weighted by molar-refractivity contribution is -0.110. The van der Waals surface area contributed by atoms with E-state index in [2.05, 4.69) is 10.6 Å². The van der Waals surface area contributed by atoms with Gasteiger partial charge >= 0.3 is 5.97 Å². The molecule has 0 radical (unpaired) electrons. The van der Waals surface area contributed by atoms with Gasteiger partial charge in [0, 0.05) is 22.5 Å². The maximum atomic E-state index is 12.9. The van der Waals surface area contributed by atoms with E-state index in [9.17, 15) is 18.0 Å². The quantitative estimate of drug-likeness (QED) is 0.354. The second-order valence-electron chi connectivity index (χ2n) is 9.24. The van der Waals surface area contributed by atoms with E-state index in [4.69, 9.17) is 10.5 Å². The Hall–Kier alpha value is -3.37. The highest BCUT2D eigenvalue weighted by molar-refractivity contribution is 7.92. The monoisotopic (exact) mass is 500 g/mol. The van der Waals surface area contributed by atoms with Crippen LogP contribution in [-0.2, 0) is 19.6 Å². The molecule has 188 valence electrons. The zero-order chi connectivity index (χ0) is 26.0. The molecule has 0 fully saturated rings. The zero-order valence-electron chi connectivity index (χ0n) is 20.6. The van der Waals surface area contributed by atoms with Crippen molar-refractivity contribution >= 4 is 44.5 Å². The van der Waals surface area contributed by atoms with Gasteiger partial charge in [0.15, 0.2) is 0 Å². The molecule has 4 N–H and O–H groups in total. The number of allylic oxidation sites excluding steroid dienone is 1. The number of esters is 1. The van der Waals surface area contributed by atoms with Crippen LogP contribution in [0.25, 0.3) is 5.57 Å². The number of nitrogens with zero attached hydrogens (tertiary/aromatic N) is 1. The highest BCUT2D eigenvalue weighted by Gasteiger charge is 2.29. The van der Waals surface area contributed by atoms with Crippen LogP contribution >= 0.6 is 0 Å². The number of sulfonamides is 1. The molecule has 1 aliphatic rings. The Balaban J connectivity index is 1.95. The number of nitrogens with two attached hydrogens (primary N) is 1. The van der Waals surface area contributed by atoms with Gasteiger partial charge in [-0.05, 0) is 56.7 Å². The van der Waals surface area contributed by atoms with Gasteiger partial charge in [0.2, 0.25) is 10.0 Å². The van der Waals surface area contributed by atoms with Crippen molar-refractivity contribution in [2.75, 3.05) is 34.8 Å².